The van der Waals surface area contributed by atoms with Crippen molar-refractivity contribution in [1.29, 1.82) is 0 Å². The van der Waals surface area contributed by atoms with Gasteiger partial charge in [-0.05, 0) is 36.2 Å². The Hall–Kier alpha value is -0.760. The molecule has 8 heteroatoms. The number of nitro benzene ring substituents is 1. The van der Waals surface area contributed by atoms with E-state index < -0.39 is 27.9 Å². The Morgan fingerprint density at radius 2 is 2.06 bits per heavy atom. The minimum atomic E-state index is -4.53. The maximum atomic E-state index is 12.2. The highest BCUT2D eigenvalue weighted by molar-refractivity contribution is 9.09. The van der Waals surface area contributed by atoms with E-state index in [4.69, 9.17) is 0 Å². The maximum absolute atomic E-state index is 12.2. The second-order valence-electron chi connectivity index (χ2n) is 3.40. The number of thioether (sulfide) groups is 1. The van der Waals surface area contributed by atoms with Crippen LogP contribution in [-0.2, 0) is 6.42 Å². The Morgan fingerprint density at radius 3 is 2.56 bits per heavy atom. The fourth-order valence-corrected chi connectivity index (χ4v) is 2.25. The molecule has 0 heterocycles. The summed E-state index contributed by atoms with van der Waals surface area (Å²) in [6.45, 7) is 0. The van der Waals surface area contributed by atoms with E-state index in [0.29, 0.717) is 12.0 Å². The van der Waals surface area contributed by atoms with Gasteiger partial charge in [0.2, 0.25) is 0 Å². The smallest absolute Gasteiger partial charge is 0.258 e. The van der Waals surface area contributed by atoms with Gasteiger partial charge < -0.3 is 0 Å². The Labute approximate surface area is 114 Å². The molecule has 0 aliphatic carbocycles. The van der Waals surface area contributed by atoms with Gasteiger partial charge in [0.25, 0.3) is 5.69 Å². The van der Waals surface area contributed by atoms with Gasteiger partial charge in [0.1, 0.15) is 0 Å². The zero-order valence-electron chi connectivity index (χ0n) is 9.04. The molecule has 18 heavy (non-hydrogen) atoms. The molecule has 0 N–H and O–H groups in total. The van der Waals surface area contributed by atoms with E-state index in [0.717, 1.165) is 17.8 Å². The number of alkyl halides is 4. The first-order chi connectivity index (χ1) is 8.33. The number of hydrogen-bond acceptors (Lipinski definition) is 3. The van der Waals surface area contributed by atoms with Gasteiger partial charge in [0, 0.05) is 11.4 Å². The van der Waals surface area contributed by atoms with E-state index in [-0.39, 0.29) is 4.90 Å². The third-order valence-electron chi connectivity index (χ3n) is 2.04. The zero-order valence-corrected chi connectivity index (χ0v) is 11.4. The van der Waals surface area contributed by atoms with Crippen molar-refractivity contribution in [2.24, 2.45) is 0 Å². The van der Waals surface area contributed by atoms with Crippen LogP contribution in [0, 0.1) is 10.1 Å². The zero-order chi connectivity index (χ0) is 13.8. The molecular formula is C10H9BrF3NO2S. The number of hydrogen-bond donors (Lipinski definition) is 0. The minimum Gasteiger partial charge on any atom is -0.258 e. The summed E-state index contributed by atoms with van der Waals surface area (Å²) in [5.74, 6) is 0. The van der Waals surface area contributed by atoms with Gasteiger partial charge >= 0.3 is 5.51 Å². The average molecular weight is 344 g/mol. The van der Waals surface area contributed by atoms with Crippen LogP contribution in [0.25, 0.3) is 0 Å². The molecular weight excluding hydrogens is 335 g/mol. The quantitative estimate of drug-likeness (QED) is 0.341. The van der Waals surface area contributed by atoms with Crippen molar-refractivity contribution in [3.63, 3.8) is 0 Å². The van der Waals surface area contributed by atoms with E-state index in [1.165, 1.54) is 12.1 Å². The van der Waals surface area contributed by atoms with Crippen molar-refractivity contribution < 1.29 is 18.1 Å². The number of aryl methyl sites for hydroxylation is 1. The summed E-state index contributed by atoms with van der Waals surface area (Å²) < 4.78 is 36.7. The molecule has 0 aromatic heterocycles. The summed E-state index contributed by atoms with van der Waals surface area (Å²) in [6.07, 6.45) is 1.35. The Bertz CT molecular complexity index is 440. The molecule has 1 aromatic carbocycles. The summed E-state index contributed by atoms with van der Waals surface area (Å²) in [5.41, 5.74) is -4.36. The lowest BCUT2D eigenvalue weighted by atomic mass is 10.1. The van der Waals surface area contributed by atoms with Crippen LogP contribution < -0.4 is 0 Å². The highest BCUT2D eigenvalue weighted by Crippen LogP contribution is 2.41. The molecule has 0 saturated carbocycles. The van der Waals surface area contributed by atoms with Crippen molar-refractivity contribution in [3.05, 3.63) is 33.9 Å². The molecule has 0 bridgehead atoms. The summed E-state index contributed by atoms with van der Waals surface area (Å²) in [5, 5.41) is 11.5. The van der Waals surface area contributed by atoms with Crippen LogP contribution in [0.4, 0.5) is 18.9 Å². The molecule has 0 atom stereocenters. The standard InChI is InChI=1S/C10H9BrF3NO2S/c11-5-1-2-7-3-4-9(18-10(12,13)14)8(6-7)15(16)17/h3-4,6H,1-2,5H2. The molecule has 0 aliphatic heterocycles. The van der Waals surface area contributed by atoms with Crippen LogP contribution in [-0.4, -0.2) is 15.8 Å². The lowest BCUT2D eigenvalue weighted by Crippen LogP contribution is -2.02. The van der Waals surface area contributed by atoms with Gasteiger partial charge in [-0.25, -0.2) is 0 Å². The lowest BCUT2D eigenvalue weighted by Gasteiger charge is -2.07. The summed E-state index contributed by atoms with van der Waals surface area (Å²) in [6, 6.07) is 3.85. The number of nitrogens with zero attached hydrogens (tertiary/aromatic N) is 1. The Morgan fingerprint density at radius 1 is 1.39 bits per heavy atom. The predicted octanol–water partition coefficient (Wildman–Crippen LogP) is 4.53. The first kappa shape index (κ1) is 15.3. The largest absolute Gasteiger partial charge is 0.446 e. The van der Waals surface area contributed by atoms with Crippen LogP contribution in [0.5, 0.6) is 0 Å². The van der Waals surface area contributed by atoms with Crippen LogP contribution in [0.1, 0.15) is 12.0 Å². The van der Waals surface area contributed by atoms with Gasteiger partial charge in [0.05, 0.1) is 9.82 Å². The number of nitro groups is 1. The summed E-state index contributed by atoms with van der Waals surface area (Å²) >= 11 is 2.76. The first-order valence-corrected chi connectivity index (χ1v) is 6.86. The highest BCUT2D eigenvalue weighted by Gasteiger charge is 2.32. The molecule has 100 valence electrons. The fraction of sp³-hybridized carbons (Fsp3) is 0.400. The third-order valence-corrected chi connectivity index (χ3v) is 3.40. The van der Waals surface area contributed by atoms with E-state index >= 15 is 0 Å². The average Bonchev–Trinajstić information content (AvgIpc) is 2.25. The predicted molar refractivity (Wildman–Crippen MR) is 67.1 cm³/mol. The van der Waals surface area contributed by atoms with Gasteiger partial charge in [-0.15, -0.1) is 0 Å². The van der Waals surface area contributed by atoms with Crippen LogP contribution in [0.2, 0.25) is 0 Å². The van der Waals surface area contributed by atoms with Crippen molar-refractivity contribution in [1.82, 2.24) is 0 Å². The molecule has 0 fully saturated rings. The monoisotopic (exact) mass is 343 g/mol. The van der Waals surface area contributed by atoms with Crippen molar-refractivity contribution >= 4 is 33.4 Å². The highest BCUT2D eigenvalue weighted by atomic mass is 79.9. The molecule has 0 radical (unpaired) electrons. The van der Waals surface area contributed by atoms with E-state index in [1.807, 2.05) is 0 Å². The molecule has 1 aromatic rings. The van der Waals surface area contributed by atoms with Gasteiger partial charge in [-0.2, -0.15) is 13.2 Å². The number of halogens is 4. The van der Waals surface area contributed by atoms with Gasteiger partial charge in [-0.3, -0.25) is 10.1 Å². The first-order valence-electron chi connectivity index (χ1n) is 4.92. The molecule has 0 saturated heterocycles. The van der Waals surface area contributed by atoms with Crippen molar-refractivity contribution in [3.8, 4) is 0 Å². The molecule has 0 unspecified atom stereocenters. The summed E-state index contributed by atoms with van der Waals surface area (Å²) in [4.78, 5) is 9.58. The molecule has 1 rings (SSSR count). The molecule has 0 spiro atoms. The van der Waals surface area contributed by atoms with Crippen LogP contribution in [0.15, 0.2) is 23.1 Å². The lowest BCUT2D eigenvalue weighted by molar-refractivity contribution is -0.387. The van der Waals surface area contributed by atoms with Gasteiger partial charge in [-0.1, -0.05) is 22.0 Å². The Kier molecular flexibility index (Phi) is 5.46. The topological polar surface area (TPSA) is 43.1 Å². The molecule has 0 amide bonds. The van der Waals surface area contributed by atoms with Crippen LogP contribution >= 0.6 is 27.7 Å². The van der Waals surface area contributed by atoms with Crippen LogP contribution in [0.3, 0.4) is 0 Å². The fourth-order valence-electron chi connectivity index (χ4n) is 1.34. The normalized spacial score (nSPS) is 11.6. The van der Waals surface area contributed by atoms with E-state index in [2.05, 4.69) is 15.9 Å². The van der Waals surface area contributed by atoms with Gasteiger partial charge in [0.15, 0.2) is 0 Å². The molecule has 0 aliphatic rings. The Balaban J connectivity index is 3.01. The second kappa shape index (κ2) is 6.42. The minimum absolute atomic E-state index is 0.380. The number of benzene rings is 1. The third kappa shape index (κ3) is 4.85. The van der Waals surface area contributed by atoms with E-state index in [9.17, 15) is 23.3 Å². The number of rotatable bonds is 5. The van der Waals surface area contributed by atoms with Crippen molar-refractivity contribution in [2.75, 3.05) is 5.33 Å². The maximum Gasteiger partial charge on any atom is 0.446 e. The SMILES string of the molecule is O=[N+]([O-])c1cc(CCCBr)ccc1SC(F)(F)F. The van der Waals surface area contributed by atoms with Crippen molar-refractivity contribution in [2.45, 2.75) is 23.2 Å². The van der Waals surface area contributed by atoms with E-state index in [1.54, 1.807) is 0 Å². The summed E-state index contributed by atoms with van der Waals surface area (Å²) in [7, 11) is 0. The molecule has 3 nitrogen and oxygen atoms in total. The second-order valence-corrected chi connectivity index (χ2v) is 5.30.